The molecule has 2 aromatic carbocycles. The Morgan fingerprint density at radius 3 is 2.50 bits per heavy atom. The summed E-state index contributed by atoms with van der Waals surface area (Å²) in [6.45, 7) is 5.10. The van der Waals surface area contributed by atoms with Crippen LogP contribution < -0.4 is 10.9 Å². The molecule has 0 amide bonds. The van der Waals surface area contributed by atoms with Gasteiger partial charge in [-0.15, -0.1) is 0 Å². The highest BCUT2D eigenvalue weighted by molar-refractivity contribution is 6.35. The zero-order valence-electron chi connectivity index (χ0n) is 13.5. The first-order valence-electron chi connectivity index (χ1n) is 7.63. The summed E-state index contributed by atoms with van der Waals surface area (Å²) in [5.41, 5.74) is 4.28. The molecule has 0 aliphatic heterocycles. The van der Waals surface area contributed by atoms with Gasteiger partial charge in [-0.05, 0) is 48.2 Å². The summed E-state index contributed by atoms with van der Waals surface area (Å²) < 4.78 is 5.39. The molecule has 0 atom stereocenters. The second kappa shape index (κ2) is 6.98. The van der Waals surface area contributed by atoms with Gasteiger partial charge in [-0.25, -0.2) is 4.79 Å². The van der Waals surface area contributed by atoms with Crippen molar-refractivity contribution in [3.05, 3.63) is 79.1 Å². The first kappa shape index (κ1) is 17.0. The molecular weight excluding hydrogens is 345 g/mol. The van der Waals surface area contributed by atoms with Crippen LogP contribution in [0.4, 0.5) is 0 Å². The second-order valence-electron chi connectivity index (χ2n) is 5.81. The van der Waals surface area contributed by atoms with Crippen LogP contribution in [0.3, 0.4) is 0 Å². The van der Waals surface area contributed by atoms with Gasteiger partial charge in [0.2, 0.25) is 0 Å². The normalized spacial score (nSPS) is 11.2. The van der Waals surface area contributed by atoms with Crippen LogP contribution in [0.2, 0.25) is 10.0 Å². The van der Waals surface area contributed by atoms with Crippen molar-refractivity contribution in [3.8, 4) is 0 Å². The lowest BCUT2D eigenvalue weighted by Gasteiger charge is -2.11. The third-order valence-corrected chi connectivity index (χ3v) is 4.75. The molecule has 1 heterocycles. The highest BCUT2D eigenvalue weighted by Crippen LogP contribution is 2.24. The second-order valence-corrected chi connectivity index (χ2v) is 6.66. The molecule has 0 spiro atoms. The summed E-state index contributed by atoms with van der Waals surface area (Å²) in [5.74, 6) is 0. The minimum atomic E-state index is -0.336. The fraction of sp³-hybridized carbons (Fsp3) is 0.211. The van der Waals surface area contributed by atoms with Gasteiger partial charge in [0, 0.05) is 34.6 Å². The highest BCUT2D eigenvalue weighted by atomic mass is 35.5. The van der Waals surface area contributed by atoms with Crippen molar-refractivity contribution >= 4 is 34.2 Å². The molecule has 3 rings (SSSR count). The van der Waals surface area contributed by atoms with Gasteiger partial charge in [0.15, 0.2) is 0 Å². The van der Waals surface area contributed by atoms with E-state index in [1.807, 2.05) is 38.1 Å². The Kier molecular flexibility index (Phi) is 4.95. The Labute approximate surface area is 150 Å². The largest absolute Gasteiger partial charge is 0.422 e. The van der Waals surface area contributed by atoms with Crippen LogP contribution in [0.15, 0.2) is 45.6 Å². The van der Waals surface area contributed by atoms with E-state index in [-0.39, 0.29) is 5.63 Å². The number of aryl methyl sites for hydroxylation is 2. The van der Waals surface area contributed by atoms with Gasteiger partial charge >= 0.3 is 5.63 Å². The van der Waals surface area contributed by atoms with E-state index in [2.05, 4.69) is 5.32 Å². The van der Waals surface area contributed by atoms with E-state index >= 15 is 0 Å². The van der Waals surface area contributed by atoms with Crippen molar-refractivity contribution in [2.24, 2.45) is 0 Å². The molecule has 0 aliphatic rings. The van der Waals surface area contributed by atoms with Gasteiger partial charge in [0.25, 0.3) is 0 Å². The van der Waals surface area contributed by atoms with E-state index in [0.717, 1.165) is 27.6 Å². The smallest absolute Gasteiger partial charge is 0.336 e. The van der Waals surface area contributed by atoms with E-state index in [4.69, 9.17) is 27.6 Å². The molecule has 0 radical (unpaired) electrons. The van der Waals surface area contributed by atoms with Crippen molar-refractivity contribution in [2.45, 2.75) is 26.9 Å². The molecule has 1 N–H and O–H groups in total. The van der Waals surface area contributed by atoms with Gasteiger partial charge < -0.3 is 9.73 Å². The zero-order chi connectivity index (χ0) is 17.3. The first-order chi connectivity index (χ1) is 11.5. The van der Waals surface area contributed by atoms with E-state index < -0.39 is 0 Å². The van der Waals surface area contributed by atoms with Gasteiger partial charge in [0.05, 0.1) is 0 Å². The Morgan fingerprint density at radius 2 is 1.75 bits per heavy atom. The molecule has 0 bridgehead atoms. The van der Waals surface area contributed by atoms with Gasteiger partial charge in [-0.3, -0.25) is 0 Å². The number of nitrogens with one attached hydrogen (secondary N) is 1. The maximum Gasteiger partial charge on any atom is 0.336 e. The fourth-order valence-electron chi connectivity index (χ4n) is 2.67. The Balaban J connectivity index is 1.85. The standard InChI is InChI=1S/C19H17Cl2NO2/c1-11-3-6-16-14(7-18(23)24-19(16)12(11)2)10-22-9-13-4-5-15(20)8-17(13)21/h3-8,22H,9-10H2,1-2H3. The molecule has 124 valence electrons. The van der Waals surface area contributed by atoms with Crippen molar-refractivity contribution < 1.29 is 4.42 Å². The van der Waals surface area contributed by atoms with Gasteiger partial charge in [-0.2, -0.15) is 0 Å². The van der Waals surface area contributed by atoms with Crippen LogP contribution in [0.1, 0.15) is 22.3 Å². The third-order valence-electron chi connectivity index (χ3n) is 4.16. The van der Waals surface area contributed by atoms with Crippen molar-refractivity contribution in [3.63, 3.8) is 0 Å². The number of halogens is 2. The SMILES string of the molecule is Cc1ccc2c(CNCc3ccc(Cl)cc3Cl)cc(=O)oc2c1C. The summed E-state index contributed by atoms with van der Waals surface area (Å²) in [6, 6.07) is 11.0. The molecular formula is C19H17Cl2NO2. The lowest BCUT2D eigenvalue weighted by atomic mass is 10.0. The van der Waals surface area contributed by atoms with Crippen LogP contribution >= 0.6 is 23.2 Å². The molecule has 24 heavy (non-hydrogen) atoms. The molecule has 0 saturated carbocycles. The van der Waals surface area contributed by atoms with Crippen LogP contribution in [-0.2, 0) is 13.1 Å². The van der Waals surface area contributed by atoms with E-state index in [9.17, 15) is 4.79 Å². The lowest BCUT2D eigenvalue weighted by Crippen LogP contribution is -2.15. The van der Waals surface area contributed by atoms with E-state index in [0.29, 0.717) is 28.7 Å². The summed E-state index contributed by atoms with van der Waals surface area (Å²) in [4.78, 5) is 11.9. The zero-order valence-corrected chi connectivity index (χ0v) is 15.0. The number of fused-ring (bicyclic) bond motifs is 1. The van der Waals surface area contributed by atoms with Crippen molar-refractivity contribution in [2.75, 3.05) is 0 Å². The summed E-state index contributed by atoms with van der Waals surface area (Å²) in [5, 5.41) is 5.51. The molecule has 5 heteroatoms. The van der Waals surface area contributed by atoms with Crippen LogP contribution in [0.5, 0.6) is 0 Å². The van der Waals surface area contributed by atoms with Crippen molar-refractivity contribution in [1.29, 1.82) is 0 Å². The molecule has 0 fully saturated rings. The number of rotatable bonds is 4. The van der Waals surface area contributed by atoms with Crippen LogP contribution in [0, 0.1) is 13.8 Å². The Morgan fingerprint density at radius 1 is 1.00 bits per heavy atom. The summed E-state index contributed by atoms with van der Waals surface area (Å²) in [7, 11) is 0. The molecule has 3 aromatic rings. The number of benzene rings is 2. The lowest BCUT2D eigenvalue weighted by molar-refractivity contribution is 0.554. The predicted octanol–water partition coefficient (Wildman–Crippen LogP) is 5.01. The highest BCUT2D eigenvalue weighted by Gasteiger charge is 2.09. The predicted molar refractivity (Wildman–Crippen MR) is 99.0 cm³/mol. The Bertz CT molecular complexity index is 963. The third kappa shape index (κ3) is 3.48. The minimum absolute atomic E-state index is 0.336. The maximum absolute atomic E-state index is 11.9. The van der Waals surface area contributed by atoms with E-state index in [1.165, 1.54) is 6.07 Å². The van der Waals surface area contributed by atoms with Crippen molar-refractivity contribution in [1.82, 2.24) is 5.32 Å². The minimum Gasteiger partial charge on any atom is -0.422 e. The molecule has 0 aliphatic carbocycles. The molecule has 1 aromatic heterocycles. The average molecular weight is 362 g/mol. The summed E-state index contributed by atoms with van der Waals surface area (Å²) in [6.07, 6.45) is 0. The van der Waals surface area contributed by atoms with Crippen LogP contribution in [-0.4, -0.2) is 0 Å². The maximum atomic E-state index is 11.9. The summed E-state index contributed by atoms with van der Waals surface area (Å²) >= 11 is 12.1. The molecule has 0 unspecified atom stereocenters. The Hall–Kier alpha value is -1.81. The topological polar surface area (TPSA) is 42.2 Å². The number of hydrogen-bond donors (Lipinski definition) is 1. The molecule has 0 saturated heterocycles. The monoisotopic (exact) mass is 361 g/mol. The van der Waals surface area contributed by atoms with Gasteiger partial charge in [0.1, 0.15) is 5.58 Å². The quantitative estimate of drug-likeness (QED) is 0.664. The first-order valence-corrected chi connectivity index (χ1v) is 8.39. The van der Waals surface area contributed by atoms with E-state index in [1.54, 1.807) is 6.07 Å². The van der Waals surface area contributed by atoms with Gasteiger partial charge in [-0.1, -0.05) is 41.4 Å². The average Bonchev–Trinajstić information content (AvgIpc) is 2.53. The molecule has 3 nitrogen and oxygen atoms in total. The van der Waals surface area contributed by atoms with Crippen LogP contribution in [0.25, 0.3) is 11.0 Å². The fourth-order valence-corrected chi connectivity index (χ4v) is 3.14. The number of hydrogen-bond acceptors (Lipinski definition) is 3.